The zero-order valence-electron chi connectivity index (χ0n) is 15.4. The van der Waals surface area contributed by atoms with Crippen LogP contribution in [0.15, 0.2) is 76.3 Å². The number of halogens is 1. The second kappa shape index (κ2) is 6.99. The van der Waals surface area contributed by atoms with E-state index >= 15 is 0 Å². The summed E-state index contributed by atoms with van der Waals surface area (Å²) in [5.74, 6) is 0. The minimum atomic E-state index is -0.197. The van der Waals surface area contributed by atoms with Crippen molar-refractivity contribution < 1.29 is 0 Å². The van der Waals surface area contributed by atoms with Crippen molar-refractivity contribution in [3.8, 4) is 11.1 Å². The summed E-state index contributed by atoms with van der Waals surface area (Å²) >= 11 is 7.44. The average Bonchev–Trinajstić information content (AvgIpc) is 3.30. The minimum Gasteiger partial charge on any atom is -0.350 e. The summed E-state index contributed by atoms with van der Waals surface area (Å²) < 4.78 is 3.33. The number of rotatable bonds is 3. The van der Waals surface area contributed by atoms with Gasteiger partial charge in [-0.15, -0.1) is 11.3 Å². The molecule has 3 heterocycles. The highest BCUT2D eigenvalue weighted by molar-refractivity contribution is 7.17. The summed E-state index contributed by atoms with van der Waals surface area (Å²) in [6.45, 7) is 0. The molecule has 142 valence electrons. The van der Waals surface area contributed by atoms with Gasteiger partial charge >= 0.3 is 0 Å². The summed E-state index contributed by atoms with van der Waals surface area (Å²) in [5, 5.41) is 8.65. The van der Waals surface area contributed by atoms with Gasteiger partial charge in [-0.2, -0.15) is 9.78 Å². The molecule has 0 saturated heterocycles. The molecule has 0 N–H and O–H groups in total. The first kappa shape index (κ1) is 17.8. The second-order valence-corrected chi connectivity index (χ2v) is 7.98. The van der Waals surface area contributed by atoms with Crippen LogP contribution in [0.4, 0.5) is 0 Å². The topological polar surface area (TPSA) is 52.2 Å². The number of nitrogens with zero attached hydrogens (tertiary/aromatic N) is 4. The first-order valence-corrected chi connectivity index (χ1v) is 10.2. The zero-order valence-corrected chi connectivity index (χ0v) is 17.0. The molecular formula is C22H15ClN4OS. The maximum atomic E-state index is 13.1. The highest BCUT2D eigenvalue weighted by Crippen LogP contribution is 2.31. The molecule has 7 heteroatoms. The monoisotopic (exact) mass is 418 g/mol. The molecule has 0 amide bonds. The van der Waals surface area contributed by atoms with Crippen molar-refractivity contribution in [2.24, 2.45) is 12.1 Å². The average molecular weight is 419 g/mol. The van der Waals surface area contributed by atoms with Crippen molar-refractivity contribution >= 4 is 50.3 Å². The van der Waals surface area contributed by atoms with E-state index in [0.717, 1.165) is 27.6 Å². The van der Waals surface area contributed by atoms with Gasteiger partial charge in [-0.1, -0.05) is 41.9 Å². The van der Waals surface area contributed by atoms with Crippen LogP contribution in [0, 0.1) is 0 Å². The third kappa shape index (κ3) is 3.06. The summed E-state index contributed by atoms with van der Waals surface area (Å²) in [4.78, 5) is 18.2. The van der Waals surface area contributed by atoms with E-state index in [0.29, 0.717) is 15.2 Å². The van der Waals surface area contributed by atoms with Gasteiger partial charge < -0.3 is 4.57 Å². The number of thiophene rings is 1. The lowest BCUT2D eigenvalue weighted by Gasteiger charge is -2.01. The molecular weight excluding hydrogens is 404 g/mol. The Bertz CT molecular complexity index is 1440. The van der Waals surface area contributed by atoms with Crippen LogP contribution >= 0.6 is 22.9 Å². The predicted octanol–water partition coefficient (Wildman–Crippen LogP) is 5.15. The SMILES string of the molecule is Cn1cc(/C=N\n2cnc3scc(-c4ccc(Cl)cc4)c3c2=O)c2ccccc21. The molecule has 3 aromatic heterocycles. The van der Waals surface area contributed by atoms with Gasteiger partial charge in [0.2, 0.25) is 0 Å². The largest absolute Gasteiger partial charge is 0.350 e. The summed E-state index contributed by atoms with van der Waals surface area (Å²) in [5.41, 5.74) is 3.62. The van der Waals surface area contributed by atoms with Crippen LogP contribution in [0.25, 0.3) is 32.2 Å². The van der Waals surface area contributed by atoms with E-state index in [1.807, 2.05) is 65.7 Å². The number of aromatic nitrogens is 3. The highest BCUT2D eigenvalue weighted by Gasteiger charge is 2.13. The first-order valence-electron chi connectivity index (χ1n) is 8.95. The van der Waals surface area contributed by atoms with Crippen LogP contribution in [0.3, 0.4) is 0 Å². The summed E-state index contributed by atoms with van der Waals surface area (Å²) in [6.07, 6.45) is 5.16. The van der Waals surface area contributed by atoms with Crippen molar-refractivity contribution in [3.63, 3.8) is 0 Å². The maximum Gasteiger partial charge on any atom is 0.283 e. The Morgan fingerprint density at radius 2 is 1.93 bits per heavy atom. The fourth-order valence-corrected chi connectivity index (χ4v) is 4.48. The van der Waals surface area contributed by atoms with Crippen molar-refractivity contribution in [2.45, 2.75) is 0 Å². The van der Waals surface area contributed by atoms with Gasteiger partial charge in [-0.3, -0.25) is 4.79 Å². The maximum absolute atomic E-state index is 13.1. The van der Waals surface area contributed by atoms with E-state index in [1.165, 1.54) is 22.3 Å². The Hall–Kier alpha value is -3.22. The number of para-hydroxylation sites is 1. The Labute approximate surface area is 175 Å². The molecule has 29 heavy (non-hydrogen) atoms. The lowest BCUT2D eigenvalue weighted by Crippen LogP contribution is -2.16. The molecule has 0 saturated carbocycles. The number of aryl methyl sites for hydroxylation is 1. The molecule has 0 spiro atoms. The van der Waals surface area contributed by atoms with Gasteiger partial charge in [0.1, 0.15) is 11.2 Å². The van der Waals surface area contributed by atoms with Gasteiger partial charge in [0, 0.05) is 45.7 Å². The van der Waals surface area contributed by atoms with Crippen molar-refractivity contribution in [1.29, 1.82) is 0 Å². The number of fused-ring (bicyclic) bond motifs is 2. The summed E-state index contributed by atoms with van der Waals surface area (Å²) in [7, 11) is 1.99. The standard InChI is InChI=1S/C22H15ClN4OS/c1-26-11-15(17-4-2-3-5-19(17)26)10-25-27-13-24-21-20(22(27)28)18(12-29-21)14-6-8-16(23)9-7-14/h2-13H,1H3/b25-10-. The smallest absolute Gasteiger partial charge is 0.283 e. The van der Waals surface area contributed by atoms with E-state index in [2.05, 4.69) is 16.2 Å². The molecule has 0 radical (unpaired) electrons. The highest BCUT2D eigenvalue weighted by atomic mass is 35.5. The summed E-state index contributed by atoms with van der Waals surface area (Å²) in [6, 6.07) is 15.5. The molecule has 0 bridgehead atoms. The molecule has 0 unspecified atom stereocenters. The molecule has 5 rings (SSSR count). The molecule has 0 aliphatic carbocycles. The van der Waals surface area contributed by atoms with Gasteiger partial charge in [-0.05, 0) is 23.8 Å². The van der Waals surface area contributed by atoms with E-state index in [1.54, 1.807) is 6.21 Å². The Balaban J connectivity index is 1.61. The fourth-order valence-electron chi connectivity index (χ4n) is 3.45. The van der Waals surface area contributed by atoms with Crippen LogP contribution in [0.2, 0.25) is 5.02 Å². The first-order chi connectivity index (χ1) is 14.1. The number of benzene rings is 2. The minimum absolute atomic E-state index is 0.197. The van der Waals surface area contributed by atoms with Gasteiger partial charge in [0.15, 0.2) is 0 Å². The lowest BCUT2D eigenvalue weighted by atomic mass is 10.1. The Kier molecular flexibility index (Phi) is 4.30. The van der Waals surface area contributed by atoms with Crippen molar-refractivity contribution in [3.05, 3.63) is 87.4 Å². The predicted molar refractivity (Wildman–Crippen MR) is 120 cm³/mol. The Morgan fingerprint density at radius 1 is 1.14 bits per heavy atom. The third-order valence-corrected chi connectivity index (χ3v) is 6.02. The molecule has 2 aromatic carbocycles. The van der Waals surface area contributed by atoms with Crippen LogP contribution in [0.5, 0.6) is 0 Å². The normalized spacial score (nSPS) is 11.8. The van der Waals surface area contributed by atoms with E-state index < -0.39 is 0 Å². The lowest BCUT2D eigenvalue weighted by molar-refractivity contribution is 0.819. The van der Waals surface area contributed by atoms with Crippen LogP contribution in [-0.2, 0) is 7.05 Å². The van der Waals surface area contributed by atoms with E-state index in [4.69, 9.17) is 11.6 Å². The Morgan fingerprint density at radius 3 is 2.76 bits per heavy atom. The van der Waals surface area contributed by atoms with E-state index in [9.17, 15) is 4.79 Å². The van der Waals surface area contributed by atoms with Crippen LogP contribution in [-0.4, -0.2) is 20.4 Å². The molecule has 0 fully saturated rings. The van der Waals surface area contributed by atoms with Crippen molar-refractivity contribution in [1.82, 2.24) is 14.2 Å². The quantitative estimate of drug-likeness (QED) is 0.380. The fraction of sp³-hybridized carbons (Fsp3) is 0.0455. The number of hydrogen-bond donors (Lipinski definition) is 0. The van der Waals surface area contributed by atoms with Gasteiger partial charge in [0.25, 0.3) is 5.56 Å². The number of hydrogen-bond acceptors (Lipinski definition) is 4. The molecule has 0 atom stereocenters. The van der Waals surface area contributed by atoms with Gasteiger partial charge in [-0.25, -0.2) is 4.98 Å². The van der Waals surface area contributed by atoms with E-state index in [-0.39, 0.29) is 5.56 Å². The molecule has 0 aliphatic heterocycles. The zero-order chi connectivity index (χ0) is 20.0. The van der Waals surface area contributed by atoms with Crippen LogP contribution in [0.1, 0.15) is 5.56 Å². The molecule has 5 aromatic rings. The molecule has 0 aliphatic rings. The third-order valence-electron chi connectivity index (χ3n) is 4.88. The van der Waals surface area contributed by atoms with Crippen molar-refractivity contribution in [2.75, 3.05) is 0 Å². The molecule has 5 nitrogen and oxygen atoms in total. The van der Waals surface area contributed by atoms with Gasteiger partial charge in [0.05, 0.1) is 11.6 Å². The van der Waals surface area contributed by atoms with Crippen LogP contribution < -0.4 is 5.56 Å². The second-order valence-electron chi connectivity index (χ2n) is 6.69.